The second kappa shape index (κ2) is 4.63. The lowest BCUT2D eigenvalue weighted by Gasteiger charge is -2.13. The van der Waals surface area contributed by atoms with Crippen LogP contribution in [0.4, 0.5) is 5.69 Å². The van der Waals surface area contributed by atoms with Gasteiger partial charge in [0.1, 0.15) is 0 Å². The van der Waals surface area contributed by atoms with Gasteiger partial charge in [-0.25, -0.2) is 0 Å². The molecule has 1 aromatic carbocycles. The molecule has 0 saturated carbocycles. The van der Waals surface area contributed by atoms with E-state index in [4.69, 9.17) is 0 Å². The van der Waals surface area contributed by atoms with Gasteiger partial charge in [-0.05, 0) is 42.7 Å². The second-order valence-electron chi connectivity index (χ2n) is 5.05. The minimum atomic E-state index is 0.514. The van der Waals surface area contributed by atoms with Gasteiger partial charge in [-0.3, -0.25) is 0 Å². The molecule has 1 aliphatic heterocycles. The van der Waals surface area contributed by atoms with Crippen LogP contribution in [0.3, 0.4) is 0 Å². The fourth-order valence-electron chi connectivity index (χ4n) is 2.11. The average Bonchev–Trinajstić information content (AvgIpc) is 2.93. The molecule has 1 N–H and O–H groups in total. The van der Waals surface area contributed by atoms with Crippen molar-refractivity contribution in [3.05, 3.63) is 35.2 Å². The van der Waals surface area contributed by atoms with Crippen LogP contribution in [0, 0.1) is 12.8 Å². The van der Waals surface area contributed by atoms with Gasteiger partial charge in [-0.1, -0.05) is 31.7 Å². The van der Waals surface area contributed by atoms with Gasteiger partial charge in [0.15, 0.2) is 0 Å². The van der Waals surface area contributed by atoms with Crippen LogP contribution >= 0.6 is 23.1 Å². The Morgan fingerprint density at radius 3 is 2.67 bits per heavy atom. The molecule has 1 aromatic heterocycles. The van der Waals surface area contributed by atoms with E-state index < -0.39 is 0 Å². The molecule has 0 amide bonds. The Bertz CT molecular complexity index is 572. The molecule has 1 nitrogen and oxygen atoms in total. The summed E-state index contributed by atoms with van der Waals surface area (Å²) in [6.07, 6.45) is 0. The predicted molar refractivity (Wildman–Crippen MR) is 82.6 cm³/mol. The summed E-state index contributed by atoms with van der Waals surface area (Å²) in [5.74, 6) is 0.648. The first-order valence-electron chi connectivity index (χ1n) is 6.27. The van der Waals surface area contributed by atoms with Crippen molar-refractivity contribution < 1.29 is 0 Å². The highest BCUT2D eigenvalue weighted by Gasteiger charge is 2.24. The lowest BCUT2D eigenvalue weighted by molar-refractivity contribution is 0.656. The molecule has 0 saturated heterocycles. The second-order valence-corrected chi connectivity index (χ2v) is 7.52. The molecule has 1 aliphatic rings. The number of rotatable bonds is 2. The van der Waals surface area contributed by atoms with Crippen LogP contribution in [0.2, 0.25) is 0 Å². The lowest BCUT2D eigenvalue weighted by Crippen LogP contribution is -2.16. The summed E-state index contributed by atoms with van der Waals surface area (Å²) in [7, 11) is 0. The average molecular weight is 275 g/mol. The van der Waals surface area contributed by atoms with Crippen LogP contribution < -0.4 is 5.32 Å². The van der Waals surface area contributed by atoms with Crippen molar-refractivity contribution in [2.45, 2.75) is 31.0 Å². The Balaban J connectivity index is 1.92. The first kappa shape index (κ1) is 12.1. The Labute approximate surface area is 117 Å². The number of aryl methyl sites for hydroxylation is 1. The van der Waals surface area contributed by atoms with Crippen LogP contribution in [-0.2, 0) is 0 Å². The van der Waals surface area contributed by atoms with Gasteiger partial charge in [0.2, 0.25) is 0 Å². The smallest absolute Gasteiger partial charge is 0.0793 e. The number of hydrogen-bond acceptors (Lipinski definition) is 3. The SMILES string of the molecule is Cc1ccc(-c2ccc3c(c2)NC(C(C)C)S3)s1. The molecule has 0 bridgehead atoms. The minimum absolute atomic E-state index is 0.514. The molecule has 0 fully saturated rings. The molecule has 3 heteroatoms. The first-order valence-corrected chi connectivity index (χ1v) is 7.97. The summed E-state index contributed by atoms with van der Waals surface area (Å²) in [5, 5.41) is 4.13. The van der Waals surface area contributed by atoms with E-state index >= 15 is 0 Å². The molecule has 1 unspecified atom stereocenters. The van der Waals surface area contributed by atoms with E-state index in [1.54, 1.807) is 0 Å². The standard InChI is InChI=1S/C15H17NS2/c1-9(2)15-16-12-8-11(5-7-14(12)18-15)13-6-4-10(3)17-13/h4-9,15-16H,1-3H3. The highest BCUT2D eigenvalue weighted by atomic mass is 32.2. The molecule has 1 atom stereocenters. The molecule has 0 aliphatic carbocycles. The third-order valence-corrected chi connectivity index (χ3v) is 5.74. The zero-order chi connectivity index (χ0) is 12.7. The van der Waals surface area contributed by atoms with E-state index in [1.807, 2.05) is 23.1 Å². The first-order chi connectivity index (χ1) is 8.63. The van der Waals surface area contributed by atoms with Gasteiger partial charge >= 0.3 is 0 Å². The Morgan fingerprint density at radius 2 is 2.00 bits per heavy atom. The van der Waals surface area contributed by atoms with Crippen LogP contribution in [0.1, 0.15) is 18.7 Å². The number of benzene rings is 1. The van der Waals surface area contributed by atoms with Crippen molar-refractivity contribution in [3.8, 4) is 10.4 Å². The molecule has 2 heterocycles. The summed E-state index contributed by atoms with van der Waals surface area (Å²) in [4.78, 5) is 4.11. The maximum Gasteiger partial charge on any atom is 0.0793 e. The van der Waals surface area contributed by atoms with Crippen LogP contribution in [0.5, 0.6) is 0 Å². The number of thioether (sulfide) groups is 1. The normalized spacial score (nSPS) is 17.9. The third-order valence-electron chi connectivity index (χ3n) is 3.16. The van der Waals surface area contributed by atoms with E-state index in [2.05, 4.69) is 56.4 Å². The maximum atomic E-state index is 3.62. The van der Waals surface area contributed by atoms with Gasteiger partial charge in [0, 0.05) is 20.3 Å². The van der Waals surface area contributed by atoms with Gasteiger partial charge in [0.05, 0.1) is 5.37 Å². The molecule has 3 rings (SSSR count). The van der Waals surface area contributed by atoms with Gasteiger partial charge in [0.25, 0.3) is 0 Å². The molecule has 94 valence electrons. The van der Waals surface area contributed by atoms with Crippen molar-refractivity contribution >= 4 is 28.8 Å². The number of thiophene rings is 1. The monoisotopic (exact) mass is 275 g/mol. The molecular formula is C15H17NS2. The predicted octanol–water partition coefficient (Wildman–Crippen LogP) is 5.22. The molecule has 18 heavy (non-hydrogen) atoms. The maximum absolute atomic E-state index is 3.62. The number of fused-ring (bicyclic) bond motifs is 1. The molecule has 0 spiro atoms. The van der Waals surface area contributed by atoms with Crippen LogP contribution in [0.15, 0.2) is 35.2 Å². The van der Waals surface area contributed by atoms with Crippen molar-refractivity contribution in [2.24, 2.45) is 5.92 Å². The van der Waals surface area contributed by atoms with E-state index in [0.717, 1.165) is 0 Å². The summed E-state index contributed by atoms with van der Waals surface area (Å²) in [6, 6.07) is 11.2. The van der Waals surface area contributed by atoms with Gasteiger partial charge in [-0.15, -0.1) is 11.3 Å². The molecular weight excluding hydrogens is 258 g/mol. The summed E-state index contributed by atoms with van der Waals surface area (Å²) >= 11 is 3.80. The Morgan fingerprint density at radius 1 is 1.17 bits per heavy atom. The van der Waals surface area contributed by atoms with E-state index in [0.29, 0.717) is 11.3 Å². The highest BCUT2D eigenvalue weighted by Crippen LogP contribution is 2.43. The van der Waals surface area contributed by atoms with E-state index in [9.17, 15) is 0 Å². The fraction of sp³-hybridized carbons (Fsp3) is 0.333. The third kappa shape index (κ3) is 2.17. The number of anilines is 1. The van der Waals surface area contributed by atoms with Crippen molar-refractivity contribution in [1.29, 1.82) is 0 Å². The quantitative estimate of drug-likeness (QED) is 0.806. The van der Waals surface area contributed by atoms with Crippen molar-refractivity contribution in [1.82, 2.24) is 0 Å². The lowest BCUT2D eigenvalue weighted by atomic mass is 10.1. The van der Waals surface area contributed by atoms with E-state index in [-0.39, 0.29) is 0 Å². The van der Waals surface area contributed by atoms with Crippen LogP contribution in [0.25, 0.3) is 10.4 Å². The van der Waals surface area contributed by atoms with Gasteiger partial charge in [-0.2, -0.15) is 0 Å². The zero-order valence-corrected chi connectivity index (χ0v) is 12.5. The highest BCUT2D eigenvalue weighted by molar-refractivity contribution is 8.00. The van der Waals surface area contributed by atoms with Crippen molar-refractivity contribution in [3.63, 3.8) is 0 Å². The summed E-state index contributed by atoms with van der Waals surface area (Å²) in [5.41, 5.74) is 2.62. The van der Waals surface area contributed by atoms with E-state index in [1.165, 1.54) is 25.9 Å². The topological polar surface area (TPSA) is 12.0 Å². The summed E-state index contributed by atoms with van der Waals surface area (Å²) < 4.78 is 0. The molecule has 2 aromatic rings. The van der Waals surface area contributed by atoms with Gasteiger partial charge < -0.3 is 5.32 Å². The Hall–Kier alpha value is -0.930. The summed E-state index contributed by atoms with van der Waals surface area (Å²) in [6.45, 7) is 6.69. The molecule has 0 radical (unpaired) electrons. The number of hydrogen-bond donors (Lipinski definition) is 1. The van der Waals surface area contributed by atoms with Crippen molar-refractivity contribution in [2.75, 3.05) is 5.32 Å². The Kier molecular flexibility index (Phi) is 3.12. The number of nitrogens with one attached hydrogen (secondary N) is 1. The largest absolute Gasteiger partial charge is 0.372 e. The minimum Gasteiger partial charge on any atom is -0.372 e. The van der Waals surface area contributed by atoms with Crippen LogP contribution in [-0.4, -0.2) is 5.37 Å². The zero-order valence-electron chi connectivity index (χ0n) is 10.9. The fourth-order valence-corrected chi connectivity index (χ4v) is 4.10.